The molecule has 0 spiro atoms. The second-order valence-electron chi connectivity index (χ2n) is 4.23. The summed E-state index contributed by atoms with van der Waals surface area (Å²) in [7, 11) is 0. The van der Waals surface area contributed by atoms with Crippen LogP contribution in [0.4, 0.5) is 0 Å². The molecule has 4 heteroatoms. The van der Waals surface area contributed by atoms with Gasteiger partial charge in [0, 0.05) is 12.6 Å². The summed E-state index contributed by atoms with van der Waals surface area (Å²) in [5.74, 6) is 0.483. The summed E-state index contributed by atoms with van der Waals surface area (Å²) in [6.07, 6.45) is 2.01. The zero-order valence-corrected chi connectivity index (χ0v) is 8.45. The fourth-order valence-corrected chi connectivity index (χ4v) is 2.52. The maximum atomic E-state index is 11.4. The van der Waals surface area contributed by atoms with E-state index in [1.165, 1.54) is 0 Å². The van der Waals surface area contributed by atoms with E-state index in [2.05, 4.69) is 10.2 Å². The standard InChI is InChI=1S/C10H16N2O2/c1-7(13)6-12-4-2-3-8-9(12)5-11-10(8)14/h8-9H,2-6H2,1H3,(H,11,14). The second kappa shape index (κ2) is 3.69. The van der Waals surface area contributed by atoms with E-state index in [9.17, 15) is 9.59 Å². The number of nitrogens with zero attached hydrogens (tertiary/aromatic N) is 1. The predicted molar refractivity (Wildman–Crippen MR) is 51.8 cm³/mol. The third-order valence-electron chi connectivity index (χ3n) is 3.14. The van der Waals surface area contributed by atoms with Crippen molar-refractivity contribution in [1.29, 1.82) is 0 Å². The first kappa shape index (κ1) is 9.65. The smallest absolute Gasteiger partial charge is 0.224 e. The lowest BCUT2D eigenvalue weighted by atomic mass is 9.91. The summed E-state index contributed by atoms with van der Waals surface area (Å²) in [4.78, 5) is 24.6. The number of amides is 1. The lowest BCUT2D eigenvalue weighted by molar-refractivity contribution is -0.125. The van der Waals surface area contributed by atoms with Crippen molar-refractivity contribution in [2.24, 2.45) is 5.92 Å². The molecule has 2 atom stereocenters. The summed E-state index contributed by atoms with van der Waals surface area (Å²) < 4.78 is 0. The molecular weight excluding hydrogens is 180 g/mol. The van der Waals surface area contributed by atoms with E-state index in [1.807, 2.05) is 0 Å². The van der Waals surface area contributed by atoms with Crippen LogP contribution in [0, 0.1) is 5.92 Å². The van der Waals surface area contributed by atoms with Gasteiger partial charge in [0.25, 0.3) is 0 Å². The molecule has 2 saturated heterocycles. The van der Waals surface area contributed by atoms with E-state index in [-0.39, 0.29) is 23.7 Å². The molecule has 2 aliphatic rings. The number of Topliss-reactive ketones (excluding diaryl/α,β-unsaturated/α-hetero) is 1. The molecule has 2 rings (SSSR count). The Morgan fingerprint density at radius 2 is 2.43 bits per heavy atom. The number of hydrogen-bond acceptors (Lipinski definition) is 3. The number of carbonyl (C=O) groups is 2. The second-order valence-corrected chi connectivity index (χ2v) is 4.23. The van der Waals surface area contributed by atoms with Gasteiger partial charge >= 0.3 is 0 Å². The van der Waals surface area contributed by atoms with Crippen molar-refractivity contribution in [1.82, 2.24) is 10.2 Å². The van der Waals surface area contributed by atoms with Gasteiger partial charge in [-0.3, -0.25) is 14.5 Å². The fourth-order valence-electron chi connectivity index (χ4n) is 2.52. The Morgan fingerprint density at radius 1 is 1.64 bits per heavy atom. The molecule has 2 heterocycles. The van der Waals surface area contributed by atoms with Crippen molar-refractivity contribution >= 4 is 11.7 Å². The highest BCUT2D eigenvalue weighted by molar-refractivity contribution is 5.82. The first-order chi connectivity index (χ1) is 6.68. The van der Waals surface area contributed by atoms with Crippen molar-refractivity contribution in [3.8, 4) is 0 Å². The van der Waals surface area contributed by atoms with Crippen molar-refractivity contribution in [2.75, 3.05) is 19.6 Å². The van der Waals surface area contributed by atoms with Crippen LogP contribution < -0.4 is 5.32 Å². The molecule has 14 heavy (non-hydrogen) atoms. The van der Waals surface area contributed by atoms with Crippen molar-refractivity contribution in [2.45, 2.75) is 25.8 Å². The fraction of sp³-hybridized carbons (Fsp3) is 0.800. The quantitative estimate of drug-likeness (QED) is 0.664. The van der Waals surface area contributed by atoms with Crippen LogP contribution in [0.3, 0.4) is 0 Å². The van der Waals surface area contributed by atoms with Crippen LogP contribution in [-0.2, 0) is 9.59 Å². The summed E-state index contributed by atoms with van der Waals surface area (Å²) in [6, 6.07) is 0.264. The number of hydrogen-bond donors (Lipinski definition) is 1. The van der Waals surface area contributed by atoms with E-state index < -0.39 is 0 Å². The van der Waals surface area contributed by atoms with Crippen LogP contribution in [-0.4, -0.2) is 42.3 Å². The number of carbonyl (C=O) groups excluding carboxylic acids is 2. The molecular formula is C10H16N2O2. The van der Waals surface area contributed by atoms with Crippen LogP contribution in [0.15, 0.2) is 0 Å². The molecule has 4 nitrogen and oxygen atoms in total. The summed E-state index contributed by atoms with van der Waals surface area (Å²) >= 11 is 0. The highest BCUT2D eigenvalue weighted by Gasteiger charge is 2.40. The SMILES string of the molecule is CC(=O)CN1CCCC2C(=O)NCC21. The van der Waals surface area contributed by atoms with E-state index in [4.69, 9.17) is 0 Å². The van der Waals surface area contributed by atoms with Gasteiger partial charge in [-0.15, -0.1) is 0 Å². The summed E-state index contributed by atoms with van der Waals surface area (Å²) in [6.45, 7) is 3.77. The third kappa shape index (κ3) is 1.66. The molecule has 1 amide bonds. The Balaban J connectivity index is 2.05. The zero-order chi connectivity index (χ0) is 10.1. The van der Waals surface area contributed by atoms with E-state index in [1.54, 1.807) is 6.92 Å². The average molecular weight is 196 g/mol. The minimum Gasteiger partial charge on any atom is -0.354 e. The molecule has 0 aromatic heterocycles. The Morgan fingerprint density at radius 3 is 3.14 bits per heavy atom. The summed E-state index contributed by atoms with van der Waals surface area (Å²) in [5, 5.41) is 2.87. The van der Waals surface area contributed by atoms with Crippen LogP contribution in [0.25, 0.3) is 0 Å². The van der Waals surface area contributed by atoms with Crippen molar-refractivity contribution in [3.05, 3.63) is 0 Å². The Labute approximate surface area is 83.6 Å². The molecule has 0 radical (unpaired) electrons. The molecule has 0 saturated carbocycles. The molecule has 2 aliphatic heterocycles. The predicted octanol–water partition coefficient (Wildman–Crippen LogP) is -0.214. The van der Waals surface area contributed by atoms with Crippen molar-refractivity contribution < 1.29 is 9.59 Å². The van der Waals surface area contributed by atoms with Gasteiger partial charge in [0.05, 0.1) is 12.5 Å². The van der Waals surface area contributed by atoms with E-state index in [0.29, 0.717) is 6.54 Å². The van der Waals surface area contributed by atoms with Crippen molar-refractivity contribution in [3.63, 3.8) is 0 Å². The lowest BCUT2D eigenvalue weighted by Crippen LogP contribution is -2.47. The van der Waals surface area contributed by atoms with Gasteiger partial charge in [-0.05, 0) is 26.3 Å². The lowest BCUT2D eigenvalue weighted by Gasteiger charge is -2.34. The minimum atomic E-state index is 0.128. The molecule has 2 unspecified atom stereocenters. The van der Waals surface area contributed by atoms with Crippen LogP contribution in [0.2, 0.25) is 0 Å². The van der Waals surface area contributed by atoms with E-state index in [0.717, 1.165) is 25.9 Å². The number of fused-ring (bicyclic) bond motifs is 1. The molecule has 0 aliphatic carbocycles. The topological polar surface area (TPSA) is 49.4 Å². The van der Waals surface area contributed by atoms with Gasteiger partial charge in [-0.25, -0.2) is 0 Å². The maximum Gasteiger partial charge on any atom is 0.224 e. The number of piperidine rings is 1. The van der Waals surface area contributed by atoms with Gasteiger partial charge < -0.3 is 5.32 Å². The van der Waals surface area contributed by atoms with Gasteiger partial charge in [0.15, 0.2) is 0 Å². The molecule has 1 N–H and O–H groups in total. The summed E-state index contributed by atoms with van der Waals surface area (Å²) in [5.41, 5.74) is 0. The highest BCUT2D eigenvalue weighted by Crippen LogP contribution is 2.26. The Kier molecular flexibility index (Phi) is 2.54. The first-order valence-corrected chi connectivity index (χ1v) is 5.19. The first-order valence-electron chi connectivity index (χ1n) is 5.19. The third-order valence-corrected chi connectivity index (χ3v) is 3.14. The number of likely N-dealkylation sites (tertiary alicyclic amines) is 1. The van der Waals surface area contributed by atoms with E-state index >= 15 is 0 Å². The van der Waals surface area contributed by atoms with Crippen LogP contribution in [0.1, 0.15) is 19.8 Å². The zero-order valence-electron chi connectivity index (χ0n) is 8.45. The van der Waals surface area contributed by atoms with Crippen LogP contribution in [0.5, 0.6) is 0 Å². The van der Waals surface area contributed by atoms with Gasteiger partial charge in [-0.2, -0.15) is 0 Å². The molecule has 78 valence electrons. The minimum absolute atomic E-state index is 0.128. The molecule has 0 aromatic carbocycles. The van der Waals surface area contributed by atoms with Gasteiger partial charge in [-0.1, -0.05) is 0 Å². The monoisotopic (exact) mass is 196 g/mol. The van der Waals surface area contributed by atoms with Crippen LogP contribution >= 0.6 is 0 Å². The average Bonchev–Trinajstić information content (AvgIpc) is 2.49. The molecule has 2 fully saturated rings. The normalized spacial score (nSPS) is 32.5. The highest BCUT2D eigenvalue weighted by atomic mass is 16.2. The largest absolute Gasteiger partial charge is 0.354 e. The number of ketones is 1. The number of rotatable bonds is 2. The number of nitrogens with one attached hydrogen (secondary N) is 1. The molecule has 0 bridgehead atoms. The van der Waals surface area contributed by atoms with Gasteiger partial charge in [0.1, 0.15) is 5.78 Å². The van der Waals surface area contributed by atoms with Gasteiger partial charge in [0.2, 0.25) is 5.91 Å². The maximum absolute atomic E-state index is 11.4. The molecule has 0 aromatic rings. The Hall–Kier alpha value is -0.900. The Bertz CT molecular complexity index is 265.